The van der Waals surface area contributed by atoms with E-state index in [1.165, 1.54) is 63.1 Å². The Balaban J connectivity index is 1.57. The summed E-state index contributed by atoms with van der Waals surface area (Å²) in [5, 5.41) is 9.10. The topological polar surface area (TPSA) is 24.4 Å². The normalized spacial score (nSPS) is 14.1. The van der Waals surface area contributed by atoms with E-state index in [2.05, 4.69) is 95.4 Å². The van der Waals surface area contributed by atoms with Gasteiger partial charge in [0.1, 0.15) is 6.67 Å². The predicted octanol–water partition coefficient (Wildman–Crippen LogP) is 9.29. The van der Waals surface area contributed by atoms with Crippen LogP contribution in [0.1, 0.15) is 61.1 Å². The Morgan fingerprint density at radius 3 is 2.57 bits per heavy atom. The Kier molecular flexibility index (Phi) is 5.32. The molecule has 3 heterocycles. The van der Waals surface area contributed by atoms with Gasteiger partial charge in [-0.15, -0.1) is 22.7 Å². The summed E-state index contributed by atoms with van der Waals surface area (Å²) in [6.07, 6.45) is 1.14. The Morgan fingerprint density at radius 2 is 1.80 bits per heavy atom. The Labute approximate surface area is 215 Å². The molecule has 1 N–H and O–H groups in total. The zero-order chi connectivity index (χ0) is 24.5. The van der Waals surface area contributed by atoms with Crippen molar-refractivity contribution in [2.24, 2.45) is 10.9 Å². The first-order chi connectivity index (χ1) is 16.7. The second-order valence-corrected chi connectivity index (χ2v) is 13.5. The molecule has 0 aliphatic carbocycles. The molecule has 2 aromatic heterocycles. The number of aryl methyl sites for hydroxylation is 1. The second kappa shape index (κ2) is 8.18. The minimum atomic E-state index is 0.0551. The van der Waals surface area contributed by atoms with Gasteiger partial charge in [-0.1, -0.05) is 65.0 Å². The van der Waals surface area contributed by atoms with Gasteiger partial charge in [0, 0.05) is 25.2 Å². The van der Waals surface area contributed by atoms with Crippen molar-refractivity contribution in [1.29, 1.82) is 0 Å². The summed E-state index contributed by atoms with van der Waals surface area (Å²) in [5.41, 5.74) is 6.57. The number of hydrogen-bond donors (Lipinski definition) is 1. The van der Waals surface area contributed by atoms with Crippen LogP contribution >= 0.6 is 22.7 Å². The third-order valence-electron chi connectivity index (χ3n) is 7.08. The molecule has 0 saturated heterocycles. The van der Waals surface area contributed by atoms with Crippen molar-refractivity contribution in [3.8, 4) is 0 Å². The van der Waals surface area contributed by atoms with Crippen molar-refractivity contribution in [2.75, 3.05) is 12.0 Å². The quantitative estimate of drug-likeness (QED) is 0.264. The highest BCUT2D eigenvalue weighted by molar-refractivity contribution is 7.24. The lowest BCUT2D eigenvalue weighted by molar-refractivity contribution is 0.596. The highest BCUT2D eigenvalue weighted by atomic mass is 32.1. The Morgan fingerprint density at radius 1 is 1.00 bits per heavy atom. The largest absolute Gasteiger partial charge is 0.364 e. The molecule has 0 radical (unpaired) electrons. The summed E-state index contributed by atoms with van der Waals surface area (Å²) in [7, 11) is 0. The molecule has 0 amide bonds. The molecule has 0 bridgehead atoms. The van der Waals surface area contributed by atoms with Crippen molar-refractivity contribution >= 4 is 65.0 Å². The summed E-state index contributed by atoms with van der Waals surface area (Å²) < 4.78 is 2.77. The molecular formula is C31H32N2S2. The van der Waals surface area contributed by atoms with E-state index in [1.807, 2.05) is 22.7 Å². The fourth-order valence-electron chi connectivity index (χ4n) is 5.47. The van der Waals surface area contributed by atoms with Crippen molar-refractivity contribution < 1.29 is 0 Å². The van der Waals surface area contributed by atoms with Crippen LogP contribution < -0.4 is 5.32 Å². The van der Waals surface area contributed by atoms with Crippen molar-refractivity contribution in [1.82, 2.24) is 0 Å². The maximum Gasteiger partial charge on any atom is 0.108 e. The van der Waals surface area contributed by atoms with Gasteiger partial charge in [0.15, 0.2) is 0 Å². The molecule has 0 saturated carbocycles. The lowest BCUT2D eigenvalue weighted by Gasteiger charge is -2.24. The van der Waals surface area contributed by atoms with Gasteiger partial charge in [-0.25, -0.2) is 0 Å². The first kappa shape index (κ1) is 22.8. The molecule has 0 fully saturated rings. The number of aliphatic imine (C=N–C) groups is 1. The number of hydrogen-bond acceptors (Lipinski definition) is 4. The van der Waals surface area contributed by atoms with Crippen LogP contribution in [0.3, 0.4) is 0 Å². The first-order valence-electron chi connectivity index (χ1n) is 12.5. The van der Waals surface area contributed by atoms with Gasteiger partial charge in [0.05, 0.1) is 16.3 Å². The van der Waals surface area contributed by atoms with Gasteiger partial charge in [0.25, 0.3) is 0 Å². The van der Waals surface area contributed by atoms with Crippen LogP contribution in [-0.4, -0.2) is 12.4 Å². The van der Waals surface area contributed by atoms with Crippen LogP contribution in [0.4, 0.5) is 5.69 Å². The standard InChI is InChI=1S/C31H32N2S2/c1-17(2)13-23-18(3)34-29-22(23)11-12-25-26(29)28-30(35-25)27(32-16-33-28)20-14-19-9-7-8-10-21(19)24(15-20)31(4,5)6/h7-12,14-15,17,33H,13,16H2,1-6H3. The molecule has 4 heteroatoms. The maximum absolute atomic E-state index is 5.03. The van der Waals surface area contributed by atoms with Gasteiger partial charge in [-0.3, -0.25) is 4.99 Å². The molecule has 3 aromatic carbocycles. The molecule has 0 atom stereocenters. The highest BCUT2D eigenvalue weighted by Crippen LogP contribution is 2.47. The van der Waals surface area contributed by atoms with Gasteiger partial charge in [-0.2, -0.15) is 0 Å². The molecule has 1 aliphatic rings. The number of nitrogens with one attached hydrogen (secondary N) is 1. The van der Waals surface area contributed by atoms with E-state index in [1.54, 1.807) is 0 Å². The number of rotatable bonds is 3. The van der Waals surface area contributed by atoms with E-state index < -0.39 is 0 Å². The van der Waals surface area contributed by atoms with Crippen LogP contribution in [-0.2, 0) is 11.8 Å². The summed E-state index contributed by atoms with van der Waals surface area (Å²) in [4.78, 5) is 7.75. The average Bonchev–Trinajstić information content (AvgIpc) is 3.34. The number of thiophene rings is 2. The number of nitrogens with zero attached hydrogens (tertiary/aromatic N) is 1. The zero-order valence-electron chi connectivity index (χ0n) is 21.4. The van der Waals surface area contributed by atoms with Gasteiger partial charge in [0.2, 0.25) is 0 Å². The smallest absolute Gasteiger partial charge is 0.108 e. The third-order valence-corrected chi connectivity index (χ3v) is 9.42. The Hall–Kier alpha value is -2.69. The number of fused-ring (bicyclic) bond motifs is 6. The van der Waals surface area contributed by atoms with E-state index >= 15 is 0 Å². The second-order valence-electron chi connectivity index (χ2n) is 11.2. The van der Waals surface area contributed by atoms with Crippen molar-refractivity contribution in [2.45, 2.75) is 53.4 Å². The molecule has 6 rings (SSSR count). The van der Waals surface area contributed by atoms with E-state index in [4.69, 9.17) is 4.99 Å². The number of anilines is 1. The molecule has 1 aliphatic heterocycles. The van der Waals surface area contributed by atoms with E-state index in [9.17, 15) is 0 Å². The van der Waals surface area contributed by atoms with E-state index in [-0.39, 0.29) is 5.41 Å². The SMILES string of the molecule is Cc1sc2c(ccc3sc4c(c32)NCN=C4c2cc(C(C)(C)C)c3ccccc3c2)c1CC(C)C. The highest BCUT2D eigenvalue weighted by Gasteiger charge is 2.26. The molecule has 0 spiro atoms. The summed E-state index contributed by atoms with van der Waals surface area (Å²) in [5.74, 6) is 0.653. The zero-order valence-corrected chi connectivity index (χ0v) is 23.0. The minimum Gasteiger partial charge on any atom is -0.364 e. The van der Waals surface area contributed by atoms with Gasteiger partial charge >= 0.3 is 0 Å². The third kappa shape index (κ3) is 3.70. The minimum absolute atomic E-state index is 0.0551. The molecule has 2 nitrogen and oxygen atoms in total. The number of benzene rings is 3. The molecular weight excluding hydrogens is 464 g/mol. The predicted molar refractivity (Wildman–Crippen MR) is 157 cm³/mol. The summed E-state index contributed by atoms with van der Waals surface area (Å²) >= 11 is 3.84. The van der Waals surface area contributed by atoms with Crippen LogP contribution in [0.25, 0.3) is 30.9 Å². The summed E-state index contributed by atoms with van der Waals surface area (Å²) in [6.45, 7) is 14.4. The van der Waals surface area contributed by atoms with Crippen LogP contribution in [0.15, 0.2) is 53.5 Å². The fourth-order valence-corrected chi connectivity index (χ4v) is 7.99. The van der Waals surface area contributed by atoms with Crippen LogP contribution in [0.2, 0.25) is 0 Å². The Bertz CT molecular complexity index is 1640. The maximum atomic E-state index is 5.03. The van der Waals surface area contributed by atoms with Gasteiger partial charge in [-0.05, 0) is 70.2 Å². The lowest BCUT2D eigenvalue weighted by atomic mass is 9.82. The molecule has 178 valence electrons. The molecule has 35 heavy (non-hydrogen) atoms. The van der Waals surface area contributed by atoms with Crippen LogP contribution in [0.5, 0.6) is 0 Å². The van der Waals surface area contributed by atoms with Crippen molar-refractivity contribution in [3.63, 3.8) is 0 Å². The lowest BCUT2D eigenvalue weighted by Crippen LogP contribution is -2.17. The van der Waals surface area contributed by atoms with E-state index in [0.29, 0.717) is 12.6 Å². The fraction of sp³-hybridized carbons (Fsp3) is 0.323. The monoisotopic (exact) mass is 496 g/mol. The first-order valence-corrected chi connectivity index (χ1v) is 14.2. The van der Waals surface area contributed by atoms with Crippen molar-refractivity contribution in [3.05, 3.63) is 75.0 Å². The average molecular weight is 497 g/mol. The van der Waals surface area contributed by atoms with Gasteiger partial charge < -0.3 is 5.32 Å². The molecule has 0 unspecified atom stereocenters. The van der Waals surface area contributed by atoms with E-state index in [0.717, 1.165) is 12.1 Å². The summed E-state index contributed by atoms with van der Waals surface area (Å²) in [6, 6.07) is 18.2. The van der Waals surface area contributed by atoms with Crippen LogP contribution in [0, 0.1) is 12.8 Å². The molecule has 5 aromatic rings.